The molecule has 162 valence electrons. The van der Waals surface area contributed by atoms with Gasteiger partial charge < -0.3 is 20.0 Å². The number of methoxy groups -OCH3 is 1. The smallest absolute Gasteiger partial charge is 0.126 e. The van der Waals surface area contributed by atoms with Gasteiger partial charge in [-0.25, -0.2) is 0 Å². The largest absolute Gasteiger partial charge is 0.497 e. The molecule has 0 aliphatic carbocycles. The highest BCUT2D eigenvalue weighted by molar-refractivity contribution is 6.33. The lowest BCUT2D eigenvalue weighted by molar-refractivity contribution is -0.108. The summed E-state index contributed by atoms with van der Waals surface area (Å²) in [5.74, 6) is 1.57. The molecule has 0 amide bonds. The average Bonchev–Trinajstić information content (AvgIpc) is 2.78. The van der Waals surface area contributed by atoms with Gasteiger partial charge in [-0.15, -0.1) is 0 Å². The number of unbranched alkanes of at least 4 members (excludes halogenated alkanes) is 1. The zero-order valence-corrected chi connectivity index (χ0v) is 18.4. The van der Waals surface area contributed by atoms with Crippen LogP contribution >= 0.6 is 11.6 Å². The normalized spacial score (nSPS) is 15.5. The summed E-state index contributed by atoms with van der Waals surface area (Å²) in [6, 6.07) is 11.8. The lowest BCUT2D eigenvalue weighted by Crippen LogP contribution is -2.34. The monoisotopic (exact) mass is 430 g/mol. The number of hydrogen-bond acceptors (Lipinski definition) is 5. The van der Waals surface area contributed by atoms with Crippen molar-refractivity contribution in [1.82, 2.24) is 4.90 Å². The van der Waals surface area contributed by atoms with E-state index in [9.17, 15) is 4.79 Å². The number of piperidine rings is 1. The molecule has 1 heterocycles. The number of carbonyl (C=O) groups excluding carboxylic acids is 1. The number of likely N-dealkylation sites (tertiary alicyclic amines) is 1. The van der Waals surface area contributed by atoms with Crippen LogP contribution in [-0.4, -0.2) is 31.4 Å². The van der Waals surface area contributed by atoms with Gasteiger partial charge in [0.2, 0.25) is 0 Å². The molecule has 1 unspecified atom stereocenters. The van der Waals surface area contributed by atoms with Crippen LogP contribution in [0.4, 0.5) is 5.69 Å². The van der Waals surface area contributed by atoms with Crippen LogP contribution in [0.25, 0.3) is 0 Å². The first kappa shape index (κ1) is 22.4. The number of nitrogens with two attached hydrogens (primary N) is 1. The number of benzene rings is 2. The lowest BCUT2D eigenvalue weighted by atomic mass is 9.95. The molecule has 1 aliphatic rings. The second kappa shape index (κ2) is 11.2. The third-order valence-corrected chi connectivity index (χ3v) is 6.00. The Morgan fingerprint density at radius 1 is 1.17 bits per heavy atom. The summed E-state index contributed by atoms with van der Waals surface area (Å²) in [5, 5.41) is 0.541. The minimum atomic E-state index is 0.161. The second-order valence-electron chi connectivity index (χ2n) is 7.76. The van der Waals surface area contributed by atoms with Crippen molar-refractivity contribution in [3.63, 3.8) is 0 Å². The number of hydrogen-bond donors (Lipinski definition) is 1. The predicted molar refractivity (Wildman–Crippen MR) is 121 cm³/mol. The van der Waals surface area contributed by atoms with Gasteiger partial charge in [0.15, 0.2) is 0 Å². The fraction of sp³-hybridized carbons (Fsp3) is 0.458. The van der Waals surface area contributed by atoms with E-state index in [0.29, 0.717) is 23.7 Å². The number of nitrogen functional groups attached to an aromatic ring is 1. The SMILES string of the molecule is COc1ccc(COc2cc(N)c(Cl)cc2C(CCCC=O)N2CCCCC2)cc1. The Kier molecular flexibility index (Phi) is 8.40. The van der Waals surface area contributed by atoms with Crippen molar-refractivity contribution >= 4 is 23.6 Å². The topological polar surface area (TPSA) is 64.8 Å². The van der Waals surface area contributed by atoms with Crippen molar-refractivity contribution in [3.05, 3.63) is 52.5 Å². The van der Waals surface area contributed by atoms with E-state index in [1.54, 1.807) is 7.11 Å². The van der Waals surface area contributed by atoms with Gasteiger partial charge in [-0.3, -0.25) is 4.90 Å². The average molecular weight is 431 g/mol. The molecular weight excluding hydrogens is 400 g/mol. The van der Waals surface area contributed by atoms with E-state index in [1.807, 2.05) is 36.4 Å². The van der Waals surface area contributed by atoms with Crippen LogP contribution in [0.15, 0.2) is 36.4 Å². The van der Waals surface area contributed by atoms with E-state index < -0.39 is 0 Å². The second-order valence-corrected chi connectivity index (χ2v) is 8.17. The quantitative estimate of drug-likeness (QED) is 0.310. The summed E-state index contributed by atoms with van der Waals surface area (Å²) in [6.45, 7) is 2.52. The Morgan fingerprint density at radius 3 is 2.57 bits per heavy atom. The fourth-order valence-electron chi connectivity index (χ4n) is 4.01. The minimum absolute atomic E-state index is 0.161. The Balaban J connectivity index is 1.85. The first-order valence-electron chi connectivity index (χ1n) is 10.6. The maximum absolute atomic E-state index is 10.9. The summed E-state index contributed by atoms with van der Waals surface area (Å²) in [7, 11) is 1.65. The van der Waals surface area contributed by atoms with Crippen LogP contribution in [0, 0.1) is 0 Å². The predicted octanol–water partition coefficient (Wildman–Crippen LogP) is 5.41. The van der Waals surface area contributed by atoms with Crippen molar-refractivity contribution in [3.8, 4) is 11.5 Å². The van der Waals surface area contributed by atoms with E-state index >= 15 is 0 Å². The summed E-state index contributed by atoms with van der Waals surface area (Å²) in [5.41, 5.74) is 8.72. The van der Waals surface area contributed by atoms with Crippen LogP contribution in [-0.2, 0) is 11.4 Å². The van der Waals surface area contributed by atoms with Crippen molar-refractivity contribution in [2.45, 2.75) is 51.2 Å². The van der Waals surface area contributed by atoms with Gasteiger partial charge >= 0.3 is 0 Å². The van der Waals surface area contributed by atoms with Crippen LogP contribution in [0.3, 0.4) is 0 Å². The number of anilines is 1. The highest BCUT2D eigenvalue weighted by atomic mass is 35.5. The molecule has 0 aromatic heterocycles. The van der Waals surface area contributed by atoms with E-state index in [2.05, 4.69) is 4.90 Å². The Bertz CT molecular complexity index is 820. The Morgan fingerprint density at radius 2 is 1.90 bits per heavy atom. The number of aldehydes is 1. The molecule has 30 heavy (non-hydrogen) atoms. The third kappa shape index (κ3) is 5.89. The molecule has 2 aromatic rings. The van der Waals surface area contributed by atoms with Crippen LogP contribution in [0.1, 0.15) is 55.7 Å². The van der Waals surface area contributed by atoms with Crippen LogP contribution < -0.4 is 15.2 Å². The van der Waals surface area contributed by atoms with E-state index in [0.717, 1.165) is 54.8 Å². The highest BCUT2D eigenvalue weighted by Crippen LogP contribution is 2.39. The molecule has 3 rings (SSSR count). The maximum Gasteiger partial charge on any atom is 0.126 e. The Labute approximate surface area is 184 Å². The number of ether oxygens (including phenoxy) is 2. The molecule has 1 aliphatic heterocycles. The van der Waals surface area contributed by atoms with Gasteiger partial charge in [0.1, 0.15) is 24.4 Å². The molecule has 0 saturated carbocycles. The lowest BCUT2D eigenvalue weighted by Gasteiger charge is -2.36. The molecule has 1 atom stereocenters. The van der Waals surface area contributed by atoms with Crippen LogP contribution in [0.2, 0.25) is 5.02 Å². The molecule has 6 heteroatoms. The standard InChI is InChI=1S/C24H31ClN2O3/c1-29-19-10-8-18(9-11-19)17-30-24-16-22(26)21(25)15-20(24)23(7-3-6-14-28)27-12-4-2-5-13-27/h8-11,14-16,23H,2-7,12-13,17,26H2,1H3. The van der Waals surface area contributed by atoms with Gasteiger partial charge in [0, 0.05) is 24.1 Å². The number of halogens is 1. The first-order chi connectivity index (χ1) is 14.6. The van der Waals surface area contributed by atoms with E-state index in [4.69, 9.17) is 26.8 Å². The summed E-state index contributed by atoms with van der Waals surface area (Å²) >= 11 is 6.41. The Hall–Kier alpha value is -2.24. The molecule has 1 saturated heterocycles. The van der Waals surface area contributed by atoms with Gasteiger partial charge in [-0.2, -0.15) is 0 Å². The van der Waals surface area contributed by atoms with Crippen molar-refractivity contribution in [2.24, 2.45) is 0 Å². The summed E-state index contributed by atoms with van der Waals surface area (Å²) < 4.78 is 11.5. The van der Waals surface area contributed by atoms with E-state index in [-0.39, 0.29) is 6.04 Å². The summed E-state index contributed by atoms with van der Waals surface area (Å²) in [4.78, 5) is 13.4. The van der Waals surface area contributed by atoms with E-state index in [1.165, 1.54) is 19.3 Å². The molecule has 0 spiro atoms. The van der Waals surface area contributed by atoms with Gasteiger partial charge in [0.05, 0.1) is 17.8 Å². The number of carbonyl (C=O) groups is 1. The van der Waals surface area contributed by atoms with Gasteiger partial charge in [-0.05, 0) is 62.5 Å². The van der Waals surface area contributed by atoms with Crippen LogP contribution in [0.5, 0.6) is 11.5 Å². The van der Waals surface area contributed by atoms with Gasteiger partial charge in [-0.1, -0.05) is 30.2 Å². The molecule has 0 radical (unpaired) electrons. The van der Waals surface area contributed by atoms with Gasteiger partial charge in [0.25, 0.3) is 0 Å². The molecule has 2 N–H and O–H groups in total. The molecule has 0 bridgehead atoms. The maximum atomic E-state index is 10.9. The molecule has 5 nitrogen and oxygen atoms in total. The fourth-order valence-corrected chi connectivity index (χ4v) is 4.18. The number of rotatable bonds is 10. The zero-order valence-electron chi connectivity index (χ0n) is 17.6. The minimum Gasteiger partial charge on any atom is -0.497 e. The summed E-state index contributed by atoms with van der Waals surface area (Å²) in [6.07, 6.45) is 6.92. The number of nitrogens with zero attached hydrogens (tertiary/aromatic N) is 1. The molecule has 1 fully saturated rings. The third-order valence-electron chi connectivity index (χ3n) is 5.67. The molecule has 2 aromatic carbocycles. The zero-order chi connectivity index (χ0) is 21.3. The van der Waals surface area contributed by atoms with Crippen molar-refractivity contribution < 1.29 is 14.3 Å². The van der Waals surface area contributed by atoms with Crippen molar-refractivity contribution in [1.29, 1.82) is 0 Å². The first-order valence-corrected chi connectivity index (χ1v) is 11.0. The van der Waals surface area contributed by atoms with Crippen molar-refractivity contribution in [2.75, 3.05) is 25.9 Å². The highest BCUT2D eigenvalue weighted by Gasteiger charge is 2.26. The molecular formula is C24H31ClN2O3.